The standard InChI is InChI=1S/C8H12O3/c1-11-8(10)7-4-2-3-5(9)6(4)7/h4-7,9H,2-3H2,1H3. The lowest BCUT2D eigenvalue weighted by Gasteiger charge is -2.05. The number of carbonyl (C=O) groups excluding carboxylic acids is 1. The van der Waals surface area contributed by atoms with Crippen LogP contribution < -0.4 is 0 Å². The summed E-state index contributed by atoms with van der Waals surface area (Å²) in [6.07, 6.45) is 1.61. The van der Waals surface area contributed by atoms with Crippen molar-refractivity contribution < 1.29 is 14.6 Å². The number of ether oxygens (including phenoxy) is 1. The van der Waals surface area contributed by atoms with E-state index < -0.39 is 0 Å². The molecule has 2 aliphatic rings. The number of aliphatic hydroxyl groups is 1. The first kappa shape index (κ1) is 7.10. The van der Waals surface area contributed by atoms with Gasteiger partial charge in [-0.25, -0.2) is 0 Å². The number of aliphatic hydroxyl groups excluding tert-OH is 1. The van der Waals surface area contributed by atoms with E-state index in [2.05, 4.69) is 4.74 Å². The van der Waals surface area contributed by atoms with E-state index >= 15 is 0 Å². The Morgan fingerprint density at radius 2 is 2.27 bits per heavy atom. The highest BCUT2D eigenvalue weighted by atomic mass is 16.5. The lowest BCUT2D eigenvalue weighted by molar-refractivity contribution is -0.143. The van der Waals surface area contributed by atoms with E-state index in [9.17, 15) is 9.90 Å². The summed E-state index contributed by atoms with van der Waals surface area (Å²) >= 11 is 0. The van der Waals surface area contributed by atoms with Crippen molar-refractivity contribution in [3.8, 4) is 0 Å². The Hall–Kier alpha value is -0.570. The zero-order chi connectivity index (χ0) is 8.01. The van der Waals surface area contributed by atoms with Crippen LogP contribution in [0.25, 0.3) is 0 Å². The monoisotopic (exact) mass is 156 g/mol. The van der Waals surface area contributed by atoms with E-state index in [0.29, 0.717) is 5.92 Å². The SMILES string of the molecule is COC(=O)C1C2CCC(O)C21. The normalized spacial score (nSPS) is 46.7. The molecule has 11 heavy (non-hydrogen) atoms. The van der Waals surface area contributed by atoms with Crippen LogP contribution in [0.5, 0.6) is 0 Å². The highest BCUT2D eigenvalue weighted by Crippen LogP contribution is 2.57. The van der Waals surface area contributed by atoms with Crippen LogP contribution in [0.2, 0.25) is 0 Å². The summed E-state index contributed by atoms with van der Waals surface area (Å²) in [4.78, 5) is 11.0. The van der Waals surface area contributed by atoms with Crippen molar-refractivity contribution in [1.29, 1.82) is 0 Å². The third kappa shape index (κ3) is 0.872. The van der Waals surface area contributed by atoms with Gasteiger partial charge in [0.05, 0.1) is 19.1 Å². The topological polar surface area (TPSA) is 46.5 Å². The summed E-state index contributed by atoms with van der Waals surface area (Å²) in [5.74, 6) is 0.530. The summed E-state index contributed by atoms with van der Waals surface area (Å²) in [7, 11) is 1.41. The molecule has 0 radical (unpaired) electrons. The summed E-state index contributed by atoms with van der Waals surface area (Å²) in [5.41, 5.74) is 0. The van der Waals surface area contributed by atoms with E-state index in [-0.39, 0.29) is 23.9 Å². The molecule has 0 heterocycles. The quantitative estimate of drug-likeness (QED) is 0.551. The van der Waals surface area contributed by atoms with Gasteiger partial charge < -0.3 is 9.84 Å². The van der Waals surface area contributed by atoms with Crippen molar-refractivity contribution >= 4 is 5.97 Å². The third-order valence-corrected chi connectivity index (χ3v) is 2.94. The number of methoxy groups -OCH3 is 1. The average Bonchev–Trinajstić information content (AvgIpc) is 2.63. The maximum Gasteiger partial charge on any atom is 0.309 e. The molecule has 0 spiro atoms. The van der Waals surface area contributed by atoms with Crippen molar-refractivity contribution in [2.75, 3.05) is 7.11 Å². The number of rotatable bonds is 1. The summed E-state index contributed by atoms with van der Waals surface area (Å²) in [6, 6.07) is 0. The molecule has 0 aromatic heterocycles. The predicted molar refractivity (Wildman–Crippen MR) is 37.7 cm³/mol. The molecule has 0 aromatic carbocycles. The highest BCUT2D eigenvalue weighted by molar-refractivity contribution is 5.76. The summed E-state index contributed by atoms with van der Waals surface area (Å²) in [5, 5.41) is 9.35. The Morgan fingerprint density at radius 3 is 2.73 bits per heavy atom. The molecule has 2 aliphatic carbocycles. The van der Waals surface area contributed by atoms with Gasteiger partial charge in [0, 0.05) is 5.92 Å². The molecule has 1 N–H and O–H groups in total. The van der Waals surface area contributed by atoms with Gasteiger partial charge in [-0.2, -0.15) is 0 Å². The van der Waals surface area contributed by atoms with E-state index in [1.165, 1.54) is 7.11 Å². The maximum atomic E-state index is 11.0. The molecular formula is C8H12O3. The Balaban J connectivity index is 1.99. The molecule has 2 fully saturated rings. The molecule has 0 aromatic rings. The van der Waals surface area contributed by atoms with Crippen molar-refractivity contribution in [3.63, 3.8) is 0 Å². The maximum absolute atomic E-state index is 11.0. The fourth-order valence-corrected chi connectivity index (χ4v) is 2.32. The van der Waals surface area contributed by atoms with Crippen molar-refractivity contribution in [1.82, 2.24) is 0 Å². The van der Waals surface area contributed by atoms with E-state index in [1.807, 2.05) is 0 Å². The fraction of sp³-hybridized carbons (Fsp3) is 0.875. The van der Waals surface area contributed by atoms with Crippen LogP contribution in [-0.2, 0) is 9.53 Å². The van der Waals surface area contributed by atoms with E-state index in [4.69, 9.17) is 0 Å². The van der Waals surface area contributed by atoms with E-state index in [1.54, 1.807) is 0 Å². The molecule has 2 rings (SSSR count). The van der Waals surface area contributed by atoms with Gasteiger partial charge in [0.2, 0.25) is 0 Å². The van der Waals surface area contributed by atoms with Crippen molar-refractivity contribution in [2.45, 2.75) is 18.9 Å². The molecule has 4 unspecified atom stereocenters. The molecule has 3 heteroatoms. The van der Waals surface area contributed by atoms with Gasteiger partial charge in [0.1, 0.15) is 0 Å². The number of esters is 1. The Kier molecular flexibility index (Phi) is 1.42. The average molecular weight is 156 g/mol. The first-order valence-corrected chi connectivity index (χ1v) is 4.01. The minimum absolute atomic E-state index is 0.0174. The van der Waals surface area contributed by atoms with Gasteiger partial charge in [0.25, 0.3) is 0 Å². The van der Waals surface area contributed by atoms with Gasteiger partial charge in [0.15, 0.2) is 0 Å². The second-order valence-corrected chi connectivity index (χ2v) is 3.43. The number of carbonyl (C=O) groups is 1. The lowest BCUT2D eigenvalue weighted by Crippen LogP contribution is -2.14. The van der Waals surface area contributed by atoms with Crippen LogP contribution in [0.4, 0.5) is 0 Å². The Morgan fingerprint density at radius 1 is 1.55 bits per heavy atom. The summed E-state index contributed by atoms with van der Waals surface area (Å²) < 4.78 is 4.61. The second kappa shape index (κ2) is 2.21. The fourth-order valence-electron chi connectivity index (χ4n) is 2.32. The number of hydrogen-bond acceptors (Lipinski definition) is 3. The molecule has 2 saturated carbocycles. The number of fused-ring (bicyclic) bond motifs is 1. The molecule has 3 nitrogen and oxygen atoms in total. The molecule has 0 saturated heterocycles. The largest absolute Gasteiger partial charge is 0.469 e. The molecule has 0 aliphatic heterocycles. The van der Waals surface area contributed by atoms with Gasteiger partial charge in [-0.05, 0) is 18.8 Å². The van der Waals surface area contributed by atoms with Gasteiger partial charge in [-0.15, -0.1) is 0 Å². The smallest absolute Gasteiger partial charge is 0.309 e. The third-order valence-electron chi connectivity index (χ3n) is 2.94. The van der Waals surface area contributed by atoms with Gasteiger partial charge in [-0.1, -0.05) is 0 Å². The first-order valence-electron chi connectivity index (χ1n) is 4.01. The predicted octanol–water partition coefficient (Wildman–Crippen LogP) is 0.176. The molecule has 4 atom stereocenters. The second-order valence-electron chi connectivity index (χ2n) is 3.43. The zero-order valence-electron chi connectivity index (χ0n) is 6.49. The highest BCUT2D eigenvalue weighted by Gasteiger charge is 2.61. The minimum Gasteiger partial charge on any atom is -0.469 e. The van der Waals surface area contributed by atoms with Crippen LogP contribution in [0.15, 0.2) is 0 Å². The van der Waals surface area contributed by atoms with E-state index in [0.717, 1.165) is 12.8 Å². The Labute approximate surface area is 65.4 Å². The Bertz CT molecular complexity index is 190. The zero-order valence-corrected chi connectivity index (χ0v) is 6.49. The van der Waals surface area contributed by atoms with Gasteiger partial charge in [-0.3, -0.25) is 4.79 Å². The molecule has 0 bridgehead atoms. The van der Waals surface area contributed by atoms with Crippen LogP contribution in [0.3, 0.4) is 0 Å². The van der Waals surface area contributed by atoms with Crippen LogP contribution in [0.1, 0.15) is 12.8 Å². The summed E-state index contributed by atoms with van der Waals surface area (Å²) in [6.45, 7) is 0. The van der Waals surface area contributed by atoms with Crippen molar-refractivity contribution in [2.24, 2.45) is 17.8 Å². The first-order chi connectivity index (χ1) is 5.25. The van der Waals surface area contributed by atoms with Crippen LogP contribution in [0, 0.1) is 17.8 Å². The van der Waals surface area contributed by atoms with Crippen LogP contribution >= 0.6 is 0 Å². The van der Waals surface area contributed by atoms with Crippen molar-refractivity contribution in [3.05, 3.63) is 0 Å². The molecule has 0 amide bonds. The number of hydrogen-bond donors (Lipinski definition) is 1. The molecular weight excluding hydrogens is 144 g/mol. The van der Waals surface area contributed by atoms with Crippen LogP contribution in [-0.4, -0.2) is 24.3 Å². The lowest BCUT2D eigenvalue weighted by atomic mass is 10.1. The molecule has 62 valence electrons. The van der Waals surface area contributed by atoms with Gasteiger partial charge >= 0.3 is 5.97 Å². The minimum atomic E-state index is -0.246.